The van der Waals surface area contributed by atoms with Crippen LogP contribution in [-0.4, -0.2) is 42.8 Å². The Bertz CT molecular complexity index is 430. The zero-order valence-corrected chi connectivity index (χ0v) is 12.7. The molecule has 0 aromatic heterocycles. The molecular weight excluding hydrogens is 252 g/mol. The van der Waals surface area contributed by atoms with Gasteiger partial charge in [0.15, 0.2) is 0 Å². The molecule has 0 saturated carbocycles. The summed E-state index contributed by atoms with van der Waals surface area (Å²) in [7, 11) is 1.66. The van der Waals surface area contributed by atoms with Crippen LogP contribution in [0.15, 0.2) is 18.2 Å². The number of methoxy groups -OCH3 is 1. The lowest BCUT2D eigenvalue weighted by atomic mass is 10.0. The number of aromatic hydroxyl groups is 1. The van der Waals surface area contributed by atoms with Gasteiger partial charge in [-0.1, -0.05) is 6.92 Å². The molecule has 112 valence electrons. The van der Waals surface area contributed by atoms with Gasteiger partial charge in [-0.05, 0) is 51.1 Å². The Morgan fingerprint density at radius 1 is 1.50 bits per heavy atom. The number of hydrogen-bond acceptors (Lipinski definition) is 4. The van der Waals surface area contributed by atoms with Crippen LogP contribution < -0.4 is 10.1 Å². The van der Waals surface area contributed by atoms with Crippen LogP contribution in [0.5, 0.6) is 11.5 Å². The van der Waals surface area contributed by atoms with Gasteiger partial charge < -0.3 is 15.2 Å². The van der Waals surface area contributed by atoms with Crippen molar-refractivity contribution in [2.45, 2.75) is 38.8 Å². The first-order chi connectivity index (χ1) is 9.67. The van der Waals surface area contributed by atoms with Crippen molar-refractivity contribution in [2.75, 3.05) is 26.7 Å². The third-order valence-corrected chi connectivity index (χ3v) is 4.17. The van der Waals surface area contributed by atoms with Gasteiger partial charge in [-0.2, -0.15) is 0 Å². The molecule has 1 heterocycles. The molecule has 0 bridgehead atoms. The lowest BCUT2D eigenvalue weighted by Gasteiger charge is -2.34. The zero-order valence-electron chi connectivity index (χ0n) is 12.7. The van der Waals surface area contributed by atoms with Gasteiger partial charge in [0.05, 0.1) is 7.11 Å². The van der Waals surface area contributed by atoms with Gasteiger partial charge >= 0.3 is 0 Å². The first-order valence-corrected chi connectivity index (χ1v) is 7.50. The van der Waals surface area contributed by atoms with Crippen molar-refractivity contribution < 1.29 is 9.84 Å². The summed E-state index contributed by atoms with van der Waals surface area (Å²) in [6.45, 7) is 7.54. The van der Waals surface area contributed by atoms with E-state index in [1.807, 2.05) is 6.07 Å². The molecule has 2 atom stereocenters. The van der Waals surface area contributed by atoms with Crippen molar-refractivity contribution >= 4 is 0 Å². The molecule has 0 spiro atoms. The Balaban J connectivity index is 2.23. The second kappa shape index (κ2) is 6.95. The molecule has 2 unspecified atom stereocenters. The Morgan fingerprint density at radius 2 is 2.30 bits per heavy atom. The molecule has 1 aliphatic rings. The van der Waals surface area contributed by atoms with E-state index in [0.29, 0.717) is 11.8 Å². The largest absolute Gasteiger partial charge is 0.508 e. The summed E-state index contributed by atoms with van der Waals surface area (Å²) in [6.07, 6.45) is 2.29. The van der Waals surface area contributed by atoms with Gasteiger partial charge in [-0.25, -0.2) is 0 Å². The maximum Gasteiger partial charge on any atom is 0.120 e. The minimum absolute atomic E-state index is 0.190. The number of hydrogen-bond donors (Lipinski definition) is 2. The Hall–Kier alpha value is -1.26. The summed E-state index contributed by atoms with van der Waals surface area (Å²) in [5.41, 5.74) is 0.949. The van der Waals surface area contributed by atoms with Crippen LogP contribution in [0.2, 0.25) is 0 Å². The molecule has 1 aromatic carbocycles. The lowest BCUT2D eigenvalue weighted by molar-refractivity contribution is 0.151. The lowest BCUT2D eigenvalue weighted by Crippen LogP contribution is -2.39. The molecule has 2 rings (SSSR count). The van der Waals surface area contributed by atoms with Crippen molar-refractivity contribution in [1.82, 2.24) is 10.2 Å². The van der Waals surface area contributed by atoms with E-state index in [2.05, 4.69) is 24.1 Å². The summed E-state index contributed by atoms with van der Waals surface area (Å²) >= 11 is 0. The Labute approximate surface area is 121 Å². The molecule has 0 aliphatic carbocycles. The zero-order chi connectivity index (χ0) is 14.5. The minimum Gasteiger partial charge on any atom is -0.508 e. The molecule has 20 heavy (non-hydrogen) atoms. The van der Waals surface area contributed by atoms with Gasteiger partial charge in [0.25, 0.3) is 0 Å². The van der Waals surface area contributed by atoms with Crippen LogP contribution in [0, 0.1) is 0 Å². The number of phenolic OH excluding ortho intramolecular Hbond substituents is 1. The fraction of sp³-hybridized carbons (Fsp3) is 0.625. The maximum absolute atomic E-state index is 10.2. The predicted molar refractivity (Wildman–Crippen MR) is 81.3 cm³/mol. The highest BCUT2D eigenvalue weighted by molar-refractivity contribution is 5.41. The predicted octanol–water partition coefficient (Wildman–Crippen LogP) is 2.54. The van der Waals surface area contributed by atoms with Gasteiger partial charge in [0.1, 0.15) is 11.5 Å². The summed E-state index contributed by atoms with van der Waals surface area (Å²) in [5, 5.41) is 13.6. The van der Waals surface area contributed by atoms with Crippen molar-refractivity contribution in [3.63, 3.8) is 0 Å². The molecule has 4 nitrogen and oxygen atoms in total. The third-order valence-electron chi connectivity index (χ3n) is 4.17. The second-order valence-corrected chi connectivity index (χ2v) is 5.49. The molecule has 2 N–H and O–H groups in total. The van der Waals surface area contributed by atoms with Crippen molar-refractivity contribution in [3.05, 3.63) is 23.8 Å². The first-order valence-electron chi connectivity index (χ1n) is 7.50. The fourth-order valence-corrected chi connectivity index (χ4v) is 3.05. The van der Waals surface area contributed by atoms with E-state index in [4.69, 9.17) is 4.74 Å². The SMILES string of the molecule is CCCN(C1CCNC1)C(C)c1cc(OC)ccc1O. The summed E-state index contributed by atoms with van der Waals surface area (Å²) < 4.78 is 5.28. The van der Waals surface area contributed by atoms with Crippen LogP contribution in [0.1, 0.15) is 38.3 Å². The molecule has 1 aliphatic heterocycles. The quantitative estimate of drug-likeness (QED) is 0.839. The van der Waals surface area contributed by atoms with E-state index in [1.165, 1.54) is 6.42 Å². The van der Waals surface area contributed by atoms with Crippen LogP contribution >= 0.6 is 0 Å². The number of rotatable bonds is 6. The number of benzene rings is 1. The Kier molecular flexibility index (Phi) is 5.26. The van der Waals surface area contributed by atoms with Crippen molar-refractivity contribution in [3.8, 4) is 11.5 Å². The van der Waals surface area contributed by atoms with E-state index in [-0.39, 0.29) is 6.04 Å². The third kappa shape index (κ3) is 3.25. The van der Waals surface area contributed by atoms with Gasteiger partial charge in [-0.15, -0.1) is 0 Å². The van der Waals surface area contributed by atoms with Gasteiger partial charge in [0.2, 0.25) is 0 Å². The highest BCUT2D eigenvalue weighted by atomic mass is 16.5. The van der Waals surface area contributed by atoms with E-state index in [9.17, 15) is 5.11 Å². The van der Waals surface area contributed by atoms with Crippen molar-refractivity contribution in [1.29, 1.82) is 0 Å². The maximum atomic E-state index is 10.2. The molecule has 0 radical (unpaired) electrons. The normalized spacial score (nSPS) is 20.3. The van der Waals surface area contributed by atoms with E-state index < -0.39 is 0 Å². The molecule has 1 fully saturated rings. The fourth-order valence-electron chi connectivity index (χ4n) is 3.05. The molecular formula is C16H26N2O2. The number of ether oxygens (including phenoxy) is 1. The topological polar surface area (TPSA) is 44.7 Å². The molecule has 4 heteroatoms. The first kappa shape index (κ1) is 15.1. The number of nitrogens with zero attached hydrogens (tertiary/aromatic N) is 1. The van der Waals surface area contributed by atoms with Crippen LogP contribution in [-0.2, 0) is 0 Å². The molecule has 0 amide bonds. The number of phenols is 1. The van der Waals surface area contributed by atoms with Crippen LogP contribution in [0.4, 0.5) is 0 Å². The van der Waals surface area contributed by atoms with Gasteiger partial charge in [0, 0.05) is 24.2 Å². The smallest absolute Gasteiger partial charge is 0.120 e. The van der Waals surface area contributed by atoms with Gasteiger partial charge in [-0.3, -0.25) is 4.90 Å². The van der Waals surface area contributed by atoms with E-state index in [0.717, 1.165) is 37.4 Å². The van der Waals surface area contributed by atoms with Crippen LogP contribution in [0.3, 0.4) is 0 Å². The molecule has 1 aromatic rings. The van der Waals surface area contributed by atoms with E-state index >= 15 is 0 Å². The average Bonchev–Trinajstić information content (AvgIpc) is 2.98. The Morgan fingerprint density at radius 3 is 2.90 bits per heavy atom. The summed E-state index contributed by atoms with van der Waals surface area (Å²) in [6, 6.07) is 6.21. The monoisotopic (exact) mass is 278 g/mol. The van der Waals surface area contributed by atoms with Crippen LogP contribution in [0.25, 0.3) is 0 Å². The second-order valence-electron chi connectivity index (χ2n) is 5.49. The highest BCUT2D eigenvalue weighted by Crippen LogP contribution is 2.33. The summed E-state index contributed by atoms with van der Waals surface area (Å²) in [5.74, 6) is 1.15. The molecule has 1 saturated heterocycles. The standard InChI is InChI=1S/C16H26N2O2/c1-4-9-18(13-7-8-17-11-13)12(2)15-10-14(20-3)5-6-16(15)19/h5-6,10,12-13,17,19H,4,7-9,11H2,1-3H3. The number of nitrogens with one attached hydrogen (secondary N) is 1. The minimum atomic E-state index is 0.190. The highest BCUT2D eigenvalue weighted by Gasteiger charge is 2.27. The van der Waals surface area contributed by atoms with E-state index in [1.54, 1.807) is 19.2 Å². The summed E-state index contributed by atoms with van der Waals surface area (Å²) in [4.78, 5) is 2.49. The van der Waals surface area contributed by atoms with Crippen molar-refractivity contribution in [2.24, 2.45) is 0 Å². The average molecular weight is 278 g/mol.